The molecule has 2 N–H and O–H groups in total. The first-order valence-corrected chi connectivity index (χ1v) is 18.2. The second-order valence-electron chi connectivity index (χ2n) is 12.2. The first-order chi connectivity index (χ1) is 20.9. The van der Waals surface area contributed by atoms with E-state index in [4.69, 9.17) is 9.16 Å². The molecule has 0 amide bonds. The molecule has 0 saturated heterocycles. The molecule has 0 bridgehead atoms. The molecule has 0 saturated carbocycles. The largest absolute Gasteiger partial charge is 0.543 e. The molecule has 0 spiro atoms. The Morgan fingerprint density at radius 1 is 0.773 bits per heavy atom. The van der Waals surface area contributed by atoms with Crippen molar-refractivity contribution in [1.29, 1.82) is 0 Å². The fourth-order valence-corrected chi connectivity index (χ4v) is 12.5. The average Bonchev–Trinajstić information content (AvgIpc) is 3.00. The van der Waals surface area contributed by atoms with Crippen LogP contribution in [0.1, 0.15) is 73.8 Å². The number of carbonyl (C=O) groups excluding carboxylic acids is 1. The molecule has 4 rings (SSSR count). The van der Waals surface area contributed by atoms with E-state index >= 15 is 0 Å². The Morgan fingerprint density at radius 2 is 1.36 bits per heavy atom. The number of carbonyl (C=O) groups is 1. The molecule has 1 unspecified atom stereocenters. The van der Waals surface area contributed by atoms with E-state index in [1.165, 1.54) is 23.9 Å². The predicted molar refractivity (Wildman–Crippen MR) is 183 cm³/mol. The van der Waals surface area contributed by atoms with Gasteiger partial charge in [0, 0.05) is 11.1 Å². The van der Waals surface area contributed by atoms with Crippen molar-refractivity contribution in [3.05, 3.63) is 113 Å². The van der Waals surface area contributed by atoms with Crippen LogP contribution in [-0.2, 0) is 6.61 Å². The highest BCUT2D eigenvalue weighted by atomic mass is 32.2. The number of Topliss-reactive ketones (excluding diaryl/α,β-unsaturated/α-hetero) is 1. The summed E-state index contributed by atoms with van der Waals surface area (Å²) in [6.45, 7) is 15.8. The average molecular weight is 629 g/mol. The maximum absolute atomic E-state index is 13.9. The summed E-state index contributed by atoms with van der Waals surface area (Å²) in [5.74, 6) is 1.47. The lowest BCUT2D eigenvalue weighted by Gasteiger charge is -2.42. The van der Waals surface area contributed by atoms with E-state index in [2.05, 4.69) is 41.5 Å². The lowest BCUT2D eigenvalue weighted by molar-refractivity contribution is 0.0989. The van der Waals surface area contributed by atoms with Crippen LogP contribution < -0.4 is 9.16 Å². The number of ether oxygens (including phenoxy) is 1. The molecule has 0 fully saturated rings. The van der Waals surface area contributed by atoms with E-state index < -0.39 is 13.6 Å². The number of hydrogen-bond acceptors (Lipinski definition) is 6. The van der Waals surface area contributed by atoms with E-state index in [9.17, 15) is 15.0 Å². The minimum absolute atomic E-state index is 0.0885. The molecular weight excluding hydrogens is 585 g/mol. The summed E-state index contributed by atoms with van der Waals surface area (Å²) in [4.78, 5) is 14.5. The van der Waals surface area contributed by atoms with E-state index in [-0.39, 0.29) is 17.3 Å². The molecule has 4 aromatic rings. The van der Waals surface area contributed by atoms with Crippen LogP contribution in [0, 0.1) is 6.92 Å². The SMILES string of the molecule is Cc1c(OCc2ccccc2)ccc(SC(C(=O)c2ccc(O)cc2)c2ccc(O[Si](C(C)C)(C(C)C)C(C)C)cc2)c1O. The number of phenols is 2. The van der Waals surface area contributed by atoms with Crippen LogP contribution in [0.25, 0.3) is 0 Å². The van der Waals surface area contributed by atoms with Crippen LogP contribution in [-0.4, -0.2) is 24.3 Å². The highest BCUT2D eigenvalue weighted by Gasteiger charge is 2.47. The third-order valence-electron chi connectivity index (χ3n) is 8.40. The number of aromatic hydroxyl groups is 2. The quantitative estimate of drug-likeness (QED) is 0.0872. The van der Waals surface area contributed by atoms with E-state index in [0.717, 1.165) is 16.9 Å². The van der Waals surface area contributed by atoms with E-state index in [1.807, 2.05) is 67.6 Å². The number of phenolic OH excluding ortho intramolecular Hbond substituents is 2. The topological polar surface area (TPSA) is 76.0 Å². The third kappa shape index (κ3) is 7.33. The molecule has 44 heavy (non-hydrogen) atoms. The highest BCUT2D eigenvalue weighted by molar-refractivity contribution is 8.00. The first-order valence-electron chi connectivity index (χ1n) is 15.2. The fourth-order valence-electron chi connectivity index (χ4n) is 6.09. The van der Waals surface area contributed by atoms with Gasteiger partial charge in [0.15, 0.2) is 5.78 Å². The first kappa shape index (κ1) is 33.2. The zero-order valence-corrected chi connectivity index (χ0v) is 28.5. The van der Waals surface area contributed by atoms with Crippen molar-refractivity contribution in [2.45, 2.75) is 81.8 Å². The standard InChI is InChI=1S/C37H44O5SSi/c1-24(2)44(25(3)4,26(5)6)42-32-19-15-30(16-20-32)37(36(40)29-13-17-31(38)18-14-29)43-34-22-21-33(27(7)35(34)39)41-23-28-11-9-8-10-12-28/h8-22,24-26,37-39H,23H2,1-7H3. The minimum atomic E-state index is -2.14. The van der Waals surface area contributed by atoms with Gasteiger partial charge in [0.1, 0.15) is 29.6 Å². The van der Waals surface area contributed by atoms with Crippen molar-refractivity contribution >= 4 is 25.9 Å². The Morgan fingerprint density at radius 3 is 1.93 bits per heavy atom. The number of ketones is 1. The van der Waals surface area contributed by atoms with Crippen molar-refractivity contribution in [1.82, 2.24) is 0 Å². The van der Waals surface area contributed by atoms with Crippen LogP contribution in [0.4, 0.5) is 0 Å². The van der Waals surface area contributed by atoms with Gasteiger partial charge in [-0.1, -0.05) is 84.0 Å². The van der Waals surface area contributed by atoms with Gasteiger partial charge in [-0.25, -0.2) is 0 Å². The zero-order valence-electron chi connectivity index (χ0n) is 26.7. The summed E-state index contributed by atoms with van der Waals surface area (Å²) < 4.78 is 12.9. The Bertz CT molecular complexity index is 1510. The molecule has 0 radical (unpaired) electrons. The lowest BCUT2D eigenvalue weighted by atomic mass is 10.0. The molecule has 5 nitrogen and oxygen atoms in total. The van der Waals surface area contributed by atoms with Crippen molar-refractivity contribution in [2.24, 2.45) is 0 Å². The van der Waals surface area contributed by atoms with Gasteiger partial charge in [0.25, 0.3) is 8.32 Å². The number of rotatable bonds is 13. The van der Waals surface area contributed by atoms with Crippen molar-refractivity contribution in [3.63, 3.8) is 0 Å². The van der Waals surface area contributed by atoms with E-state index in [0.29, 0.717) is 45.0 Å². The van der Waals surface area contributed by atoms with Crippen LogP contribution in [0.3, 0.4) is 0 Å². The zero-order chi connectivity index (χ0) is 32.0. The van der Waals surface area contributed by atoms with Crippen molar-refractivity contribution in [2.75, 3.05) is 0 Å². The van der Waals surface area contributed by atoms with Gasteiger partial charge >= 0.3 is 0 Å². The van der Waals surface area contributed by atoms with Crippen LogP contribution >= 0.6 is 11.8 Å². The normalized spacial score (nSPS) is 12.5. The minimum Gasteiger partial charge on any atom is -0.543 e. The molecule has 232 valence electrons. The van der Waals surface area contributed by atoms with Gasteiger partial charge < -0.3 is 19.4 Å². The van der Waals surface area contributed by atoms with Crippen molar-refractivity contribution in [3.8, 4) is 23.0 Å². The maximum atomic E-state index is 13.9. The summed E-state index contributed by atoms with van der Waals surface area (Å²) in [6.07, 6.45) is 0. The molecule has 0 aliphatic heterocycles. The van der Waals surface area contributed by atoms with Crippen LogP contribution in [0.5, 0.6) is 23.0 Å². The predicted octanol–water partition coefficient (Wildman–Crippen LogP) is 10.3. The summed E-state index contributed by atoms with van der Waals surface area (Å²) in [5, 5.41) is 20.4. The van der Waals surface area contributed by atoms with Gasteiger partial charge in [-0.3, -0.25) is 4.79 Å². The molecular formula is C37H44O5SSi. The molecule has 7 heteroatoms. The van der Waals surface area contributed by atoms with E-state index in [1.54, 1.807) is 18.2 Å². The van der Waals surface area contributed by atoms with Gasteiger partial charge in [-0.15, -0.1) is 11.8 Å². The smallest absolute Gasteiger partial charge is 0.258 e. The molecule has 1 atom stereocenters. The fraction of sp³-hybridized carbons (Fsp3) is 0.324. The number of benzene rings is 4. The summed E-state index contributed by atoms with van der Waals surface area (Å²) in [6, 6.07) is 27.6. The Balaban J connectivity index is 1.65. The maximum Gasteiger partial charge on any atom is 0.258 e. The third-order valence-corrected chi connectivity index (χ3v) is 15.7. The summed E-state index contributed by atoms with van der Waals surface area (Å²) in [7, 11) is -2.14. The van der Waals surface area contributed by atoms with Crippen molar-refractivity contribution < 1.29 is 24.2 Å². The summed E-state index contributed by atoms with van der Waals surface area (Å²) in [5.41, 5.74) is 4.24. The molecule has 0 aromatic heterocycles. The van der Waals surface area contributed by atoms with Gasteiger partial charge in [-0.2, -0.15) is 0 Å². The van der Waals surface area contributed by atoms with Crippen LogP contribution in [0.15, 0.2) is 95.9 Å². The highest BCUT2D eigenvalue weighted by Crippen LogP contribution is 2.46. The Hall–Kier alpha value is -3.68. The van der Waals surface area contributed by atoms with Gasteiger partial charge in [0.2, 0.25) is 0 Å². The number of hydrogen-bond donors (Lipinski definition) is 2. The van der Waals surface area contributed by atoms with Crippen LogP contribution in [0.2, 0.25) is 16.6 Å². The Kier molecular flexibility index (Phi) is 10.9. The number of thioether (sulfide) groups is 1. The monoisotopic (exact) mass is 628 g/mol. The molecule has 0 aliphatic rings. The Labute approximate surface area is 267 Å². The molecule has 0 aliphatic carbocycles. The summed E-state index contributed by atoms with van der Waals surface area (Å²) >= 11 is 1.30. The van der Waals surface area contributed by atoms with Gasteiger partial charge in [-0.05, 0) is 83.2 Å². The molecule has 4 aromatic carbocycles. The molecule has 0 heterocycles. The second kappa shape index (κ2) is 14.4. The second-order valence-corrected chi connectivity index (χ2v) is 18.7. The lowest BCUT2D eigenvalue weighted by Crippen LogP contribution is -2.50. The van der Waals surface area contributed by atoms with Gasteiger partial charge in [0.05, 0.1) is 10.1 Å².